The molecule has 1 aliphatic carbocycles. The van der Waals surface area contributed by atoms with Gasteiger partial charge in [0.25, 0.3) is 0 Å². The number of likely N-dealkylation sites (tertiary alicyclic amines) is 1. The molecule has 5 nitrogen and oxygen atoms in total. The molecule has 0 aromatic heterocycles. The SMILES string of the molecule is CC(C)C(=O)N1CCC(NC(=O)C[C@@H]2CCC[C@H]2N)CC1. The van der Waals surface area contributed by atoms with Crippen molar-refractivity contribution in [3.63, 3.8) is 0 Å². The van der Waals surface area contributed by atoms with Crippen LogP contribution in [0.1, 0.15) is 52.4 Å². The molecule has 0 spiro atoms. The molecule has 2 aliphatic rings. The molecule has 2 fully saturated rings. The van der Waals surface area contributed by atoms with Gasteiger partial charge in [-0.05, 0) is 31.6 Å². The smallest absolute Gasteiger partial charge is 0.225 e. The van der Waals surface area contributed by atoms with E-state index in [0.29, 0.717) is 12.3 Å². The molecule has 2 atom stereocenters. The van der Waals surface area contributed by atoms with Gasteiger partial charge in [0, 0.05) is 37.5 Å². The van der Waals surface area contributed by atoms with Gasteiger partial charge in [0.05, 0.1) is 0 Å². The first kappa shape index (κ1) is 16.3. The summed E-state index contributed by atoms with van der Waals surface area (Å²) in [4.78, 5) is 25.9. The van der Waals surface area contributed by atoms with Crippen molar-refractivity contribution < 1.29 is 9.59 Å². The molecule has 0 aromatic carbocycles. The number of amides is 2. The Kier molecular flexibility index (Phi) is 5.62. The minimum absolute atomic E-state index is 0.0556. The lowest BCUT2D eigenvalue weighted by Gasteiger charge is -2.33. The topological polar surface area (TPSA) is 75.4 Å². The first-order chi connectivity index (χ1) is 9.97. The zero-order chi connectivity index (χ0) is 15.4. The highest BCUT2D eigenvalue weighted by molar-refractivity contribution is 5.78. The normalized spacial score (nSPS) is 27.1. The van der Waals surface area contributed by atoms with Crippen LogP contribution in [0.4, 0.5) is 0 Å². The van der Waals surface area contributed by atoms with Crippen LogP contribution in [-0.4, -0.2) is 41.9 Å². The Morgan fingerprint density at radius 1 is 1.19 bits per heavy atom. The summed E-state index contributed by atoms with van der Waals surface area (Å²) in [6, 6.07) is 0.410. The molecule has 2 rings (SSSR count). The predicted molar refractivity (Wildman–Crippen MR) is 82.5 cm³/mol. The van der Waals surface area contributed by atoms with Crippen LogP contribution < -0.4 is 11.1 Å². The fraction of sp³-hybridized carbons (Fsp3) is 0.875. The van der Waals surface area contributed by atoms with Crippen molar-refractivity contribution in [3.8, 4) is 0 Å². The minimum atomic E-state index is 0.0556. The Labute approximate surface area is 127 Å². The maximum absolute atomic E-state index is 12.1. The number of nitrogens with zero attached hydrogens (tertiary/aromatic N) is 1. The van der Waals surface area contributed by atoms with Gasteiger partial charge >= 0.3 is 0 Å². The van der Waals surface area contributed by atoms with Gasteiger partial charge in [0.15, 0.2) is 0 Å². The number of carbonyl (C=O) groups excluding carboxylic acids is 2. The maximum Gasteiger partial charge on any atom is 0.225 e. The van der Waals surface area contributed by atoms with Crippen molar-refractivity contribution in [2.45, 2.75) is 64.5 Å². The van der Waals surface area contributed by atoms with Gasteiger partial charge in [-0.25, -0.2) is 0 Å². The first-order valence-electron chi connectivity index (χ1n) is 8.31. The second kappa shape index (κ2) is 7.25. The van der Waals surface area contributed by atoms with E-state index < -0.39 is 0 Å². The van der Waals surface area contributed by atoms with Crippen LogP contribution in [0.15, 0.2) is 0 Å². The van der Waals surface area contributed by atoms with Crippen LogP contribution in [0, 0.1) is 11.8 Å². The molecule has 0 bridgehead atoms. The number of hydrogen-bond donors (Lipinski definition) is 2. The number of rotatable bonds is 4. The zero-order valence-corrected chi connectivity index (χ0v) is 13.3. The minimum Gasteiger partial charge on any atom is -0.353 e. The third kappa shape index (κ3) is 4.43. The van der Waals surface area contributed by atoms with E-state index in [4.69, 9.17) is 5.73 Å². The third-order valence-electron chi connectivity index (χ3n) is 4.83. The van der Waals surface area contributed by atoms with E-state index in [1.165, 1.54) is 0 Å². The molecule has 0 unspecified atom stereocenters. The van der Waals surface area contributed by atoms with Gasteiger partial charge in [-0.15, -0.1) is 0 Å². The van der Waals surface area contributed by atoms with Crippen LogP contribution in [0.3, 0.4) is 0 Å². The average molecular weight is 295 g/mol. The van der Waals surface area contributed by atoms with Gasteiger partial charge in [-0.3, -0.25) is 9.59 Å². The average Bonchev–Trinajstić information content (AvgIpc) is 2.84. The Morgan fingerprint density at radius 2 is 1.86 bits per heavy atom. The lowest BCUT2D eigenvalue weighted by Crippen LogP contribution is -2.48. The second-order valence-corrected chi connectivity index (χ2v) is 6.88. The summed E-state index contributed by atoms with van der Waals surface area (Å²) in [5.74, 6) is 0.760. The summed E-state index contributed by atoms with van der Waals surface area (Å²) in [6.45, 7) is 5.37. The van der Waals surface area contributed by atoms with E-state index in [2.05, 4.69) is 5.32 Å². The molecule has 2 amide bonds. The number of carbonyl (C=O) groups is 2. The molecular formula is C16H29N3O2. The molecular weight excluding hydrogens is 266 g/mol. The van der Waals surface area contributed by atoms with Gasteiger partial charge in [0.2, 0.25) is 11.8 Å². The number of piperidine rings is 1. The molecule has 1 saturated carbocycles. The van der Waals surface area contributed by atoms with Crippen LogP contribution >= 0.6 is 0 Å². The highest BCUT2D eigenvalue weighted by Crippen LogP contribution is 2.26. The quantitative estimate of drug-likeness (QED) is 0.820. The lowest BCUT2D eigenvalue weighted by molar-refractivity contribution is -0.135. The summed E-state index contributed by atoms with van der Waals surface area (Å²) in [5.41, 5.74) is 6.02. The molecule has 3 N–H and O–H groups in total. The third-order valence-corrected chi connectivity index (χ3v) is 4.83. The van der Waals surface area contributed by atoms with Crippen molar-refractivity contribution in [1.82, 2.24) is 10.2 Å². The Bertz CT molecular complexity index is 376. The monoisotopic (exact) mass is 295 g/mol. The number of nitrogens with two attached hydrogens (primary N) is 1. The maximum atomic E-state index is 12.1. The first-order valence-corrected chi connectivity index (χ1v) is 8.31. The summed E-state index contributed by atoms with van der Waals surface area (Å²) in [6.07, 6.45) is 5.56. The zero-order valence-electron chi connectivity index (χ0n) is 13.3. The highest BCUT2D eigenvalue weighted by Gasteiger charge is 2.28. The van der Waals surface area contributed by atoms with Gasteiger partial charge in [-0.2, -0.15) is 0 Å². The predicted octanol–water partition coefficient (Wildman–Crippen LogP) is 1.27. The molecule has 5 heteroatoms. The van der Waals surface area contributed by atoms with E-state index in [9.17, 15) is 9.59 Å². The van der Waals surface area contributed by atoms with Crippen molar-refractivity contribution in [3.05, 3.63) is 0 Å². The fourth-order valence-electron chi connectivity index (χ4n) is 3.45. The van der Waals surface area contributed by atoms with Crippen LogP contribution in [0.25, 0.3) is 0 Å². The van der Waals surface area contributed by atoms with Gasteiger partial charge in [-0.1, -0.05) is 20.3 Å². The molecule has 21 heavy (non-hydrogen) atoms. The van der Waals surface area contributed by atoms with E-state index in [-0.39, 0.29) is 29.8 Å². The summed E-state index contributed by atoms with van der Waals surface area (Å²) >= 11 is 0. The molecule has 120 valence electrons. The van der Waals surface area contributed by atoms with Gasteiger partial charge < -0.3 is 16.0 Å². The van der Waals surface area contributed by atoms with Gasteiger partial charge in [0.1, 0.15) is 0 Å². The Balaban J connectivity index is 1.70. The lowest BCUT2D eigenvalue weighted by atomic mass is 9.98. The van der Waals surface area contributed by atoms with E-state index in [1.807, 2.05) is 18.7 Å². The molecule has 1 heterocycles. The van der Waals surface area contributed by atoms with Crippen LogP contribution in [0.5, 0.6) is 0 Å². The second-order valence-electron chi connectivity index (χ2n) is 6.88. The summed E-state index contributed by atoms with van der Waals surface area (Å²) < 4.78 is 0. The van der Waals surface area contributed by atoms with E-state index >= 15 is 0 Å². The standard InChI is InChI=1S/C16H29N3O2/c1-11(2)16(21)19-8-6-13(7-9-19)18-15(20)10-12-4-3-5-14(12)17/h11-14H,3-10,17H2,1-2H3,(H,18,20)/t12-,14+/m0/s1. The summed E-state index contributed by atoms with van der Waals surface area (Å²) in [5, 5.41) is 3.12. The van der Waals surface area contributed by atoms with Crippen molar-refractivity contribution >= 4 is 11.8 Å². The summed E-state index contributed by atoms with van der Waals surface area (Å²) in [7, 11) is 0. The highest BCUT2D eigenvalue weighted by atomic mass is 16.2. The molecule has 1 saturated heterocycles. The fourth-order valence-corrected chi connectivity index (χ4v) is 3.45. The van der Waals surface area contributed by atoms with Crippen LogP contribution in [0.2, 0.25) is 0 Å². The molecule has 0 radical (unpaired) electrons. The van der Waals surface area contributed by atoms with E-state index in [0.717, 1.165) is 45.2 Å². The largest absolute Gasteiger partial charge is 0.353 e. The van der Waals surface area contributed by atoms with Crippen molar-refractivity contribution in [2.75, 3.05) is 13.1 Å². The number of hydrogen-bond acceptors (Lipinski definition) is 3. The van der Waals surface area contributed by atoms with E-state index in [1.54, 1.807) is 0 Å². The molecule has 0 aromatic rings. The van der Waals surface area contributed by atoms with Crippen molar-refractivity contribution in [2.24, 2.45) is 17.6 Å². The van der Waals surface area contributed by atoms with Crippen LogP contribution in [-0.2, 0) is 9.59 Å². The number of nitrogens with one attached hydrogen (secondary N) is 1. The Hall–Kier alpha value is -1.10. The van der Waals surface area contributed by atoms with Crippen molar-refractivity contribution in [1.29, 1.82) is 0 Å². The Morgan fingerprint density at radius 3 is 2.38 bits per heavy atom. The molecule has 1 aliphatic heterocycles.